The first-order valence-corrected chi connectivity index (χ1v) is 37.3. The smallest absolute Gasteiger partial charge is 0.249 e. The molecule has 4 aliphatic rings. The molecular weight excluding hydrogens is 1290 g/mol. The van der Waals surface area contributed by atoms with E-state index >= 15 is 0 Å². The molecule has 0 aromatic heterocycles. The number of fused-ring (bicyclic) bond motifs is 8. The Bertz CT molecular complexity index is 5800. The molecule has 0 radical (unpaired) electrons. The number of hydrogen-bond acceptors (Lipinski definition) is 6. The topological polar surface area (TPSA) is 13.0 Å². The lowest BCUT2D eigenvalue weighted by Crippen LogP contribution is -2.64. The van der Waals surface area contributed by atoms with Gasteiger partial charge in [-0.05, 0) is 135 Å². The zero-order valence-electron chi connectivity index (χ0n) is 56.7. The predicted octanol–water partition coefficient (Wildman–Crippen LogP) is 22.5. The lowest BCUT2D eigenvalue weighted by Gasteiger charge is -2.44. The Labute approximate surface area is 616 Å². The maximum Gasteiger partial charge on any atom is 0.249 e. The summed E-state index contributed by atoms with van der Waals surface area (Å²) in [6.07, 6.45) is 0. The Hall–Kier alpha value is -12.5. The van der Waals surface area contributed by atoms with E-state index in [0.717, 1.165) is 124 Å². The first-order valence-electron chi connectivity index (χ1n) is 35.7. The van der Waals surface area contributed by atoms with Gasteiger partial charge in [-0.15, -0.1) is 0 Å². The Kier molecular flexibility index (Phi) is 15.3. The van der Waals surface area contributed by atoms with Crippen molar-refractivity contribution < 1.29 is 0 Å². The highest BCUT2D eigenvalue weighted by Crippen LogP contribution is 2.55. The normalized spacial score (nSPS) is 12.7. The average Bonchev–Trinajstić information content (AvgIpc) is 0.689. The first-order chi connectivity index (χ1) is 51.6. The van der Waals surface area contributed by atoms with Gasteiger partial charge >= 0.3 is 0 Å². The number of para-hydroxylation sites is 7. The molecule has 16 aromatic carbocycles. The standard InChI is InChI=1S/C96H64B2N4S2/c1-9-33-65(34-10-1)75-49-25-28-56-84(75)101-86-64-90-83(63-82(86)98-81-55-27-30-58-89(81)103-91-61-73(59-87(101)93(91)98)99(70-43-19-6-20-44-70)71-45-21-7-22-46-71)97-80-54-26-29-57-85(80)102(96-78(68-39-15-4-16-40-68)52-32-53-79(96)69-41-17-5-18-42-69)88-60-74(62-92(104-90)94(88)97)100(72-47-23-8-24-48-72)95-76(66-35-11-2-12-36-66)50-31-51-77(95)67-37-13-3-14-38-67/h1-64H. The number of anilines is 12. The van der Waals surface area contributed by atoms with E-state index in [0.29, 0.717) is 0 Å². The average molecular weight is 1360 g/mol. The summed E-state index contributed by atoms with van der Waals surface area (Å²) in [5.74, 6) is 0. The van der Waals surface area contributed by atoms with Gasteiger partial charge in [0.15, 0.2) is 0 Å². The lowest BCUT2D eigenvalue weighted by molar-refractivity contribution is 1.22. The second-order valence-electron chi connectivity index (χ2n) is 27.0. The van der Waals surface area contributed by atoms with E-state index in [9.17, 15) is 0 Å². The molecule has 0 unspecified atom stereocenters. The van der Waals surface area contributed by atoms with E-state index in [1.165, 1.54) is 52.4 Å². The highest BCUT2D eigenvalue weighted by atomic mass is 32.2. The molecule has 0 fully saturated rings. The van der Waals surface area contributed by atoms with Crippen molar-refractivity contribution in [2.75, 3.05) is 19.6 Å². The van der Waals surface area contributed by atoms with Gasteiger partial charge in [-0.25, -0.2) is 0 Å². The molecule has 486 valence electrons. The van der Waals surface area contributed by atoms with Crippen LogP contribution in [0.5, 0.6) is 0 Å². The molecule has 4 aliphatic heterocycles. The van der Waals surface area contributed by atoms with E-state index < -0.39 is 0 Å². The molecule has 0 aliphatic carbocycles. The predicted molar refractivity (Wildman–Crippen MR) is 443 cm³/mol. The van der Waals surface area contributed by atoms with Crippen LogP contribution in [0.1, 0.15) is 0 Å². The van der Waals surface area contributed by atoms with Crippen LogP contribution in [0, 0.1) is 0 Å². The molecule has 4 heterocycles. The summed E-state index contributed by atoms with van der Waals surface area (Å²) in [5.41, 5.74) is 32.6. The lowest BCUT2D eigenvalue weighted by atomic mass is 9.31. The summed E-state index contributed by atoms with van der Waals surface area (Å²) in [6, 6.07) is 144. The van der Waals surface area contributed by atoms with Gasteiger partial charge in [0, 0.05) is 98.6 Å². The molecule has 0 bridgehead atoms. The largest absolute Gasteiger partial charge is 0.311 e. The van der Waals surface area contributed by atoms with Gasteiger partial charge in [-0.1, -0.05) is 338 Å². The molecule has 0 saturated heterocycles. The Morgan fingerprint density at radius 3 is 1.12 bits per heavy atom. The van der Waals surface area contributed by atoms with Gasteiger partial charge in [0.2, 0.25) is 13.4 Å². The minimum Gasteiger partial charge on any atom is -0.311 e. The zero-order chi connectivity index (χ0) is 68.6. The maximum atomic E-state index is 2.66. The van der Waals surface area contributed by atoms with Crippen molar-refractivity contribution in [2.24, 2.45) is 0 Å². The SMILES string of the molecule is c1ccc(-c2ccccc2N2c3cc4c(cc3B3c5ccccc5Sc5cc(N(c6ccccc6)c6ccccc6)cc2c53)B2c3ccccc3N(c3c(-c5ccccc5)cccc3-c3ccccc3)c3cc(N(c5ccccc5)c5c(-c6ccccc6)cccc5-c5ccccc5)cc(c32)S4)cc1. The second kappa shape index (κ2) is 25.9. The van der Waals surface area contributed by atoms with Gasteiger partial charge in [-0.2, -0.15) is 0 Å². The number of nitrogens with zero attached hydrogens (tertiary/aromatic N) is 4. The van der Waals surface area contributed by atoms with Crippen LogP contribution in [-0.4, -0.2) is 13.4 Å². The van der Waals surface area contributed by atoms with Crippen molar-refractivity contribution in [1.82, 2.24) is 0 Å². The van der Waals surface area contributed by atoms with Crippen molar-refractivity contribution in [2.45, 2.75) is 19.6 Å². The van der Waals surface area contributed by atoms with Crippen molar-refractivity contribution >= 4 is 138 Å². The molecule has 8 heteroatoms. The highest BCUT2D eigenvalue weighted by molar-refractivity contribution is 8.00. The van der Waals surface area contributed by atoms with E-state index in [1.807, 2.05) is 23.5 Å². The fraction of sp³-hybridized carbons (Fsp3) is 0. The van der Waals surface area contributed by atoms with Crippen LogP contribution in [0.3, 0.4) is 0 Å². The molecule has 20 rings (SSSR count). The monoisotopic (exact) mass is 1360 g/mol. The van der Waals surface area contributed by atoms with E-state index in [1.54, 1.807) is 0 Å². The van der Waals surface area contributed by atoms with Crippen molar-refractivity contribution in [1.29, 1.82) is 0 Å². The fourth-order valence-corrected chi connectivity index (χ4v) is 19.1. The number of benzene rings is 16. The Balaban J connectivity index is 0.894. The zero-order valence-corrected chi connectivity index (χ0v) is 58.3. The fourth-order valence-electron chi connectivity index (χ4n) is 16.7. The summed E-state index contributed by atoms with van der Waals surface area (Å²) in [4.78, 5) is 15.2. The van der Waals surface area contributed by atoms with Gasteiger partial charge < -0.3 is 19.6 Å². The van der Waals surface area contributed by atoms with Gasteiger partial charge in [-0.3, -0.25) is 0 Å². The Morgan fingerprint density at radius 2 is 0.587 bits per heavy atom. The minimum atomic E-state index is -0.180. The number of rotatable bonds is 13. The van der Waals surface area contributed by atoms with Gasteiger partial charge in [0.05, 0.1) is 17.1 Å². The van der Waals surface area contributed by atoms with Crippen molar-refractivity contribution in [3.63, 3.8) is 0 Å². The third-order valence-corrected chi connectivity index (χ3v) is 23.4. The van der Waals surface area contributed by atoms with Crippen molar-refractivity contribution in [3.8, 4) is 55.6 Å². The van der Waals surface area contributed by atoms with E-state index in [4.69, 9.17) is 0 Å². The second-order valence-corrected chi connectivity index (χ2v) is 29.1. The van der Waals surface area contributed by atoms with E-state index in [2.05, 4.69) is 408 Å². The maximum absolute atomic E-state index is 2.66. The van der Waals surface area contributed by atoms with Crippen LogP contribution in [0.25, 0.3) is 55.6 Å². The quantitative estimate of drug-likeness (QED) is 0.106. The van der Waals surface area contributed by atoms with Crippen LogP contribution in [0.4, 0.5) is 68.2 Å². The minimum absolute atomic E-state index is 0.105. The van der Waals surface area contributed by atoms with Crippen LogP contribution >= 0.6 is 23.5 Å². The third kappa shape index (κ3) is 10.3. The summed E-state index contributed by atoms with van der Waals surface area (Å²) in [5, 5.41) is 0. The molecule has 4 nitrogen and oxygen atoms in total. The number of hydrogen-bond donors (Lipinski definition) is 0. The van der Waals surface area contributed by atoms with Crippen LogP contribution in [0.2, 0.25) is 0 Å². The first kappa shape index (κ1) is 61.4. The highest BCUT2D eigenvalue weighted by Gasteiger charge is 2.47. The Morgan fingerprint density at radius 1 is 0.212 bits per heavy atom. The molecular formula is C96H64B2N4S2. The third-order valence-electron chi connectivity index (χ3n) is 21.1. The summed E-state index contributed by atoms with van der Waals surface area (Å²) >= 11 is 3.82. The summed E-state index contributed by atoms with van der Waals surface area (Å²) in [6.45, 7) is -0.285. The summed E-state index contributed by atoms with van der Waals surface area (Å²) < 4.78 is 0. The molecule has 0 saturated carbocycles. The molecule has 0 N–H and O–H groups in total. The molecule has 0 amide bonds. The molecule has 104 heavy (non-hydrogen) atoms. The molecule has 0 atom stereocenters. The van der Waals surface area contributed by atoms with Crippen LogP contribution < -0.4 is 52.4 Å². The summed E-state index contributed by atoms with van der Waals surface area (Å²) in [7, 11) is 0. The van der Waals surface area contributed by atoms with E-state index in [-0.39, 0.29) is 13.4 Å². The van der Waals surface area contributed by atoms with Crippen molar-refractivity contribution in [3.05, 3.63) is 388 Å². The van der Waals surface area contributed by atoms with Crippen LogP contribution in [0.15, 0.2) is 408 Å². The molecule has 0 spiro atoms. The van der Waals surface area contributed by atoms with Crippen LogP contribution in [-0.2, 0) is 0 Å². The molecule has 16 aromatic rings. The van der Waals surface area contributed by atoms with Gasteiger partial charge in [0.25, 0.3) is 0 Å². The van der Waals surface area contributed by atoms with Gasteiger partial charge in [0.1, 0.15) is 0 Å².